The van der Waals surface area contributed by atoms with Gasteiger partial charge in [-0.1, -0.05) is 15.9 Å². The number of rotatable bonds is 3. The van der Waals surface area contributed by atoms with Gasteiger partial charge in [0.2, 0.25) is 10.0 Å². The average Bonchev–Trinajstić information content (AvgIpc) is 2.42. The van der Waals surface area contributed by atoms with Gasteiger partial charge in [0.25, 0.3) is 0 Å². The molecular weight excluding hydrogens is 420 g/mol. The van der Waals surface area contributed by atoms with Crippen LogP contribution in [0.25, 0.3) is 0 Å². The fraction of sp³-hybridized carbons (Fsp3) is 0.571. The lowest BCUT2D eigenvalue weighted by Gasteiger charge is -2.33. The number of nitrogens with zero attached hydrogens (tertiary/aromatic N) is 1. The van der Waals surface area contributed by atoms with Gasteiger partial charge in [-0.2, -0.15) is 4.31 Å². The second-order valence-corrected chi connectivity index (χ2v) is 9.25. The second-order valence-electron chi connectivity index (χ2n) is 5.63. The van der Waals surface area contributed by atoms with Gasteiger partial charge in [-0.25, -0.2) is 8.42 Å². The molecule has 0 aromatic heterocycles. The van der Waals surface area contributed by atoms with Crippen molar-refractivity contribution in [2.45, 2.75) is 37.6 Å². The van der Waals surface area contributed by atoms with E-state index in [2.05, 4.69) is 31.9 Å². The highest BCUT2D eigenvalue weighted by Crippen LogP contribution is 2.32. The van der Waals surface area contributed by atoms with Gasteiger partial charge in [0, 0.05) is 28.1 Å². The van der Waals surface area contributed by atoms with Crippen LogP contribution in [0.5, 0.6) is 0 Å². The number of aryl methyl sites for hydroxylation is 1. The van der Waals surface area contributed by atoms with Gasteiger partial charge in [0.1, 0.15) is 0 Å². The monoisotopic (exact) mass is 438 g/mol. The van der Waals surface area contributed by atoms with Crippen LogP contribution in [0, 0.1) is 12.8 Å². The third-order valence-electron chi connectivity index (χ3n) is 4.07. The Balaban J connectivity index is 2.26. The predicted octanol–water partition coefficient (Wildman–Crippen LogP) is 3.27. The summed E-state index contributed by atoms with van der Waals surface area (Å²) in [5.41, 5.74) is 6.91. The van der Waals surface area contributed by atoms with E-state index in [0.717, 1.165) is 22.9 Å². The number of hydrogen-bond donors (Lipinski definition) is 1. The zero-order chi connectivity index (χ0) is 15.8. The minimum absolute atomic E-state index is 0.120. The van der Waals surface area contributed by atoms with Crippen LogP contribution in [-0.4, -0.2) is 31.9 Å². The van der Waals surface area contributed by atoms with Crippen LogP contribution in [-0.2, 0) is 10.0 Å². The van der Waals surface area contributed by atoms with Gasteiger partial charge in [0.05, 0.1) is 4.90 Å². The molecular formula is C14H20Br2N2O2S. The predicted molar refractivity (Wildman–Crippen MR) is 91.7 cm³/mol. The summed E-state index contributed by atoms with van der Waals surface area (Å²) in [7, 11) is -3.47. The van der Waals surface area contributed by atoms with Gasteiger partial charge in [0.15, 0.2) is 0 Å². The summed E-state index contributed by atoms with van der Waals surface area (Å²) in [5.74, 6) is 0.407. The van der Waals surface area contributed by atoms with Crippen molar-refractivity contribution in [2.24, 2.45) is 11.7 Å². The highest BCUT2D eigenvalue weighted by atomic mass is 79.9. The Hall–Kier alpha value is 0.0500. The zero-order valence-electron chi connectivity index (χ0n) is 12.1. The maximum absolute atomic E-state index is 12.8. The first kappa shape index (κ1) is 17.4. The summed E-state index contributed by atoms with van der Waals surface area (Å²) in [6.45, 7) is 4.99. The van der Waals surface area contributed by atoms with Crippen molar-refractivity contribution in [3.63, 3.8) is 0 Å². The first-order valence-electron chi connectivity index (χ1n) is 6.95. The van der Waals surface area contributed by atoms with E-state index in [0.29, 0.717) is 28.4 Å². The Bertz CT molecular complexity index is 624. The van der Waals surface area contributed by atoms with Crippen molar-refractivity contribution >= 4 is 41.9 Å². The van der Waals surface area contributed by atoms with Crippen LogP contribution in [0.3, 0.4) is 0 Å². The second kappa shape index (κ2) is 6.66. The molecule has 1 aliphatic heterocycles. The molecule has 2 N–H and O–H groups in total. The Morgan fingerprint density at radius 2 is 1.81 bits per heavy atom. The van der Waals surface area contributed by atoms with Crippen LogP contribution >= 0.6 is 31.9 Å². The molecule has 0 radical (unpaired) electrons. The van der Waals surface area contributed by atoms with E-state index >= 15 is 0 Å². The standard InChI is InChI=1S/C14H20Br2N2O2S/c1-9-7-13(16)14(8-12(9)15)21(19,20)18-5-3-11(4-6-18)10(2)17/h7-8,10-11H,3-6,17H2,1-2H3. The van der Waals surface area contributed by atoms with Crippen LogP contribution in [0.4, 0.5) is 0 Å². The topological polar surface area (TPSA) is 63.4 Å². The number of sulfonamides is 1. The third-order valence-corrected chi connectivity index (χ3v) is 7.78. The van der Waals surface area contributed by atoms with Crippen molar-refractivity contribution < 1.29 is 8.42 Å². The number of piperidine rings is 1. The lowest BCUT2D eigenvalue weighted by molar-refractivity contribution is 0.250. The molecule has 1 saturated heterocycles. The van der Waals surface area contributed by atoms with E-state index < -0.39 is 10.0 Å². The molecule has 0 saturated carbocycles. The maximum Gasteiger partial charge on any atom is 0.244 e. The molecule has 1 unspecified atom stereocenters. The molecule has 118 valence electrons. The largest absolute Gasteiger partial charge is 0.328 e. The van der Waals surface area contributed by atoms with Crippen molar-refractivity contribution in [3.05, 3.63) is 26.6 Å². The van der Waals surface area contributed by atoms with Crippen molar-refractivity contribution in [1.29, 1.82) is 0 Å². The molecule has 0 spiro atoms. The minimum atomic E-state index is -3.47. The first-order valence-corrected chi connectivity index (χ1v) is 9.97. The first-order chi connectivity index (χ1) is 9.73. The normalized spacial score (nSPS) is 19.7. The molecule has 1 atom stereocenters. The quantitative estimate of drug-likeness (QED) is 0.785. The maximum atomic E-state index is 12.8. The van der Waals surface area contributed by atoms with Gasteiger partial charge in [-0.15, -0.1) is 0 Å². The lowest BCUT2D eigenvalue weighted by atomic mass is 9.92. The summed E-state index contributed by atoms with van der Waals surface area (Å²) in [6, 6.07) is 3.62. The Morgan fingerprint density at radius 1 is 1.24 bits per heavy atom. The molecule has 7 heteroatoms. The van der Waals surface area contributed by atoms with Crippen LogP contribution in [0.1, 0.15) is 25.3 Å². The molecule has 21 heavy (non-hydrogen) atoms. The van der Waals surface area contributed by atoms with Gasteiger partial charge in [-0.3, -0.25) is 0 Å². The number of hydrogen-bond acceptors (Lipinski definition) is 3. The summed E-state index contributed by atoms with van der Waals surface area (Å²) in [6.07, 6.45) is 1.64. The van der Waals surface area contributed by atoms with Crippen molar-refractivity contribution in [2.75, 3.05) is 13.1 Å². The lowest BCUT2D eigenvalue weighted by Crippen LogP contribution is -2.42. The summed E-state index contributed by atoms with van der Waals surface area (Å²) >= 11 is 6.78. The van der Waals surface area contributed by atoms with E-state index in [1.807, 2.05) is 19.9 Å². The van der Waals surface area contributed by atoms with Crippen LogP contribution in [0.2, 0.25) is 0 Å². The number of nitrogens with two attached hydrogens (primary N) is 1. The average molecular weight is 440 g/mol. The Labute approximate surface area is 143 Å². The molecule has 2 rings (SSSR count). The molecule has 1 heterocycles. The number of benzene rings is 1. The molecule has 1 aromatic rings. The zero-order valence-corrected chi connectivity index (χ0v) is 16.1. The van der Waals surface area contributed by atoms with E-state index in [9.17, 15) is 8.42 Å². The van der Waals surface area contributed by atoms with E-state index in [1.54, 1.807) is 10.4 Å². The molecule has 1 aromatic carbocycles. The van der Waals surface area contributed by atoms with Gasteiger partial charge in [-0.05, 0) is 66.2 Å². The Kier molecular flexibility index (Phi) is 5.52. The SMILES string of the molecule is Cc1cc(Br)c(S(=O)(=O)N2CCC(C(C)N)CC2)cc1Br. The fourth-order valence-electron chi connectivity index (χ4n) is 2.61. The van der Waals surface area contributed by atoms with Crippen LogP contribution < -0.4 is 5.73 Å². The molecule has 0 bridgehead atoms. The summed E-state index contributed by atoms with van der Waals surface area (Å²) in [4.78, 5) is 0.319. The van der Waals surface area contributed by atoms with Gasteiger partial charge < -0.3 is 5.73 Å². The number of halogens is 2. The summed E-state index contributed by atoms with van der Waals surface area (Å²) in [5, 5.41) is 0. The minimum Gasteiger partial charge on any atom is -0.328 e. The van der Waals surface area contributed by atoms with E-state index in [-0.39, 0.29) is 6.04 Å². The fourth-order valence-corrected chi connectivity index (χ4v) is 5.71. The molecule has 0 amide bonds. The smallest absolute Gasteiger partial charge is 0.244 e. The highest BCUT2D eigenvalue weighted by Gasteiger charge is 2.32. The molecule has 1 aliphatic rings. The van der Waals surface area contributed by atoms with Crippen molar-refractivity contribution in [3.8, 4) is 0 Å². The summed E-state index contributed by atoms with van der Waals surface area (Å²) < 4.78 is 28.6. The molecule has 1 fully saturated rings. The molecule has 0 aliphatic carbocycles. The van der Waals surface area contributed by atoms with Crippen molar-refractivity contribution in [1.82, 2.24) is 4.31 Å². The molecule has 4 nitrogen and oxygen atoms in total. The van der Waals surface area contributed by atoms with E-state index in [1.165, 1.54) is 0 Å². The van der Waals surface area contributed by atoms with Gasteiger partial charge >= 0.3 is 0 Å². The highest BCUT2D eigenvalue weighted by molar-refractivity contribution is 9.11. The van der Waals surface area contributed by atoms with Crippen LogP contribution in [0.15, 0.2) is 26.0 Å². The third kappa shape index (κ3) is 3.69. The Morgan fingerprint density at radius 3 is 2.33 bits per heavy atom. The van der Waals surface area contributed by atoms with E-state index in [4.69, 9.17) is 5.73 Å².